The number of halogens is 2. The maximum atomic E-state index is 13.6. The van der Waals surface area contributed by atoms with Crippen LogP contribution < -0.4 is 14.9 Å². The van der Waals surface area contributed by atoms with Crippen molar-refractivity contribution in [2.75, 3.05) is 40.9 Å². The minimum absolute atomic E-state index is 0.0339. The number of carbonyl (C=O) groups excluding carboxylic acids is 2. The zero-order valence-electron chi connectivity index (χ0n) is 22.6. The molecule has 2 saturated carbocycles. The summed E-state index contributed by atoms with van der Waals surface area (Å²) in [6.07, 6.45) is 7.12. The third-order valence-corrected chi connectivity index (χ3v) is 8.50. The Morgan fingerprint density at radius 3 is 2.46 bits per heavy atom. The lowest BCUT2D eigenvalue weighted by Gasteiger charge is -2.35. The van der Waals surface area contributed by atoms with E-state index < -0.39 is 5.92 Å². The molecule has 1 aromatic carbocycles. The number of amides is 1. The van der Waals surface area contributed by atoms with Gasteiger partial charge in [-0.05, 0) is 68.2 Å². The van der Waals surface area contributed by atoms with Crippen LogP contribution in [0.1, 0.15) is 80.3 Å². The molecule has 212 valence electrons. The Morgan fingerprint density at radius 1 is 1.15 bits per heavy atom. The van der Waals surface area contributed by atoms with Crippen molar-refractivity contribution in [3.8, 4) is 0 Å². The number of benzene rings is 1. The normalized spacial score (nSPS) is 19.4. The van der Waals surface area contributed by atoms with Crippen LogP contribution in [0.5, 0.6) is 0 Å². The maximum absolute atomic E-state index is 13.6. The molecule has 0 radical (unpaired) electrons. The van der Waals surface area contributed by atoms with Crippen molar-refractivity contribution in [2.45, 2.75) is 70.1 Å². The van der Waals surface area contributed by atoms with Gasteiger partial charge in [0.1, 0.15) is 0 Å². The first-order valence-electron chi connectivity index (χ1n) is 13.5. The number of methoxy groups -OCH3 is 1. The molecule has 2 aromatic rings. The quantitative estimate of drug-likeness (QED) is 0.288. The van der Waals surface area contributed by atoms with Gasteiger partial charge in [-0.1, -0.05) is 18.9 Å². The van der Waals surface area contributed by atoms with Crippen molar-refractivity contribution in [3.63, 3.8) is 0 Å². The fraction of sp³-hybridized carbons (Fsp3) is 0.571. The van der Waals surface area contributed by atoms with E-state index in [0.717, 1.165) is 30.2 Å². The van der Waals surface area contributed by atoms with Crippen LogP contribution in [0.4, 0.5) is 26.1 Å². The number of piperidine rings is 1. The number of hydrogen-bond donors (Lipinski definition) is 2. The molecule has 5 rings (SSSR count). The van der Waals surface area contributed by atoms with E-state index in [4.69, 9.17) is 4.79 Å². The standard InChI is InChI=1S/C26H33F2N5OS.C2H4O2/c1-2-35-32-19-3-4-20(22(17-19)33-15-12-25(10-11-25)13-16-33)23(34)31-24-29-14-7-21(30-24)18-5-8-26(27,28)9-6-18;1-4-2-3/h3-4,7,14,17-18,32H,2,5-6,8-13,15-16H2,1H3,(H,29,30,31,34);2H,1H3. The molecular weight excluding hydrogens is 524 g/mol. The minimum Gasteiger partial charge on any atom is -0.471 e. The summed E-state index contributed by atoms with van der Waals surface area (Å²) in [5.41, 5.74) is 3.75. The van der Waals surface area contributed by atoms with Crippen molar-refractivity contribution >= 4 is 41.7 Å². The summed E-state index contributed by atoms with van der Waals surface area (Å²) >= 11 is 1.62. The molecule has 3 fully saturated rings. The molecule has 0 unspecified atom stereocenters. The van der Waals surface area contributed by atoms with Crippen molar-refractivity contribution in [2.24, 2.45) is 5.41 Å². The smallest absolute Gasteiger partial charge is 0.292 e. The predicted octanol–water partition coefficient (Wildman–Crippen LogP) is 6.27. The van der Waals surface area contributed by atoms with Gasteiger partial charge in [-0.2, -0.15) is 0 Å². The van der Waals surface area contributed by atoms with Gasteiger partial charge in [-0.15, -0.1) is 0 Å². The van der Waals surface area contributed by atoms with Crippen LogP contribution in [0.25, 0.3) is 0 Å². The Labute approximate surface area is 232 Å². The molecule has 1 saturated heterocycles. The number of nitrogens with one attached hydrogen (secondary N) is 2. The summed E-state index contributed by atoms with van der Waals surface area (Å²) in [7, 11) is 1.31. The summed E-state index contributed by atoms with van der Waals surface area (Å²) in [6, 6.07) is 7.61. The van der Waals surface area contributed by atoms with Crippen molar-refractivity contribution < 1.29 is 23.1 Å². The Kier molecular flexibility index (Phi) is 9.63. The summed E-state index contributed by atoms with van der Waals surface area (Å²) in [5.74, 6) is -1.71. The van der Waals surface area contributed by atoms with Gasteiger partial charge in [0.15, 0.2) is 0 Å². The molecule has 0 atom stereocenters. The molecular formula is C28H37F2N5O3S. The van der Waals surface area contributed by atoms with Crippen LogP contribution in [0.15, 0.2) is 30.5 Å². The zero-order chi connectivity index (χ0) is 27.9. The summed E-state index contributed by atoms with van der Waals surface area (Å²) in [5, 5.41) is 2.86. The largest absolute Gasteiger partial charge is 0.471 e. The molecule has 2 aliphatic carbocycles. The lowest BCUT2D eigenvalue weighted by atomic mass is 9.85. The first kappa shape index (κ1) is 29.0. The third-order valence-electron chi connectivity index (χ3n) is 7.83. The van der Waals surface area contributed by atoms with Crippen molar-refractivity contribution in [1.29, 1.82) is 0 Å². The highest BCUT2D eigenvalue weighted by molar-refractivity contribution is 8.00. The van der Waals surface area contributed by atoms with Gasteiger partial charge in [0, 0.05) is 55.2 Å². The molecule has 2 heterocycles. The number of aromatic nitrogens is 2. The molecule has 3 aliphatic rings. The van der Waals surface area contributed by atoms with Gasteiger partial charge >= 0.3 is 0 Å². The van der Waals surface area contributed by atoms with E-state index in [1.165, 1.54) is 32.8 Å². The Bertz CT molecular complexity index is 1130. The van der Waals surface area contributed by atoms with E-state index in [9.17, 15) is 13.6 Å². The molecule has 11 heteroatoms. The monoisotopic (exact) mass is 561 g/mol. The Morgan fingerprint density at radius 2 is 1.85 bits per heavy atom. The van der Waals surface area contributed by atoms with Crippen LogP contribution in [0.2, 0.25) is 0 Å². The summed E-state index contributed by atoms with van der Waals surface area (Å²) in [6.45, 7) is 4.36. The lowest BCUT2D eigenvalue weighted by molar-refractivity contribution is -0.126. The van der Waals surface area contributed by atoms with Gasteiger partial charge in [0.25, 0.3) is 12.4 Å². The van der Waals surface area contributed by atoms with Gasteiger partial charge in [0.2, 0.25) is 11.9 Å². The number of rotatable bonds is 8. The van der Waals surface area contributed by atoms with Crippen LogP contribution >= 0.6 is 11.9 Å². The van der Waals surface area contributed by atoms with Gasteiger partial charge in [-0.25, -0.2) is 18.7 Å². The van der Waals surface area contributed by atoms with Crippen molar-refractivity contribution in [1.82, 2.24) is 9.97 Å². The average molecular weight is 562 g/mol. The molecule has 8 nitrogen and oxygen atoms in total. The predicted molar refractivity (Wildman–Crippen MR) is 151 cm³/mol. The molecule has 2 N–H and O–H groups in total. The van der Waals surface area contributed by atoms with E-state index in [2.05, 4.69) is 42.6 Å². The second kappa shape index (κ2) is 12.9. The molecule has 1 spiro atoms. The highest BCUT2D eigenvalue weighted by Gasteiger charge is 2.44. The molecule has 1 amide bonds. The fourth-order valence-electron chi connectivity index (χ4n) is 5.27. The highest BCUT2D eigenvalue weighted by atomic mass is 32.2. The van der Waals surface area contributed by atoms with E-state index >= 15 is 0 Å². The van der Waals surface area contributed by atoms with Crippen LogP contribution in [0.3, 0.4) is 0 Å². The second-order valence-electron chi connectivity index (χ2n) is 10.5. The van der Waals surface area contributed by atoms with E-state index in [1.54, 1.807) is 24.2 Å². The van der Waals surface area contributed by atoms with Crippen LogP contribution in [-0.4, -0.2) is 54.2 Å². The number of nitrogens with zero attached hydrogens (tertiary/aromatic N) is 3. The fourth-order valence-corrected chi connectivity index (χ4v) is 5.71. The minimum atomic E-state index is -2.58. The maximum Gasteiger partial charge on any atom is 0.292 e. The third kappa shape index (κ3) is 7.80. The van der Waals surface area contributed by atoms with Gasteiger partial charge < -0.3 is 14.4 Å². The Balaban J connectivity index is 0.000000826. The molecule has 1 aliphatic heterocycles. The van der Waals surface area contributed by atoms with E-state index in [0.29, 0.717) is 36.0 Å². The number of anilines is 3. The van der Waals surface area contributed by atoms with E-state index in [1.807, 2.05) is 12.1 Å². The number of ether oxygens (including phenoxy) is 1. The number of alkyl halides is 2. The molecule has 0 bridgehead atoms. The number of hydrogen-bond acceptors (Lipinski definition) is 8. The Hall–Kier alpha value is -2.95. The van der Waals surface area contributed by atoms with E-state index in [-0.39, 0.29) is 30.6 Å². The first-order chi connectivity index (χ1) is 18.8. The van der Waals surface area contributed by atoms with Crippen LogP contribution in [-0.2, 0) is 9.53 Å². The summed E-state index contributed by atoms with van der Waals surface area (Å²) in [4.78, 5) is 33.4. The highest BCUT2D eigenvalue weighted by Crippen LogP contribution is 2.54. The van der Waals surface area contributed by atoms with Gasteiger partial charge in [-0.3, -0.25) is 14.9 Å². The number of carbonyl (C=O) groups is 2. The zero-order valence-corrected chi connectivity index (χ0v) is 23.4. The molecule has 39 heavy (non-hydrogen) atoms. The summed E-state index contributed by atoms with van der Waals surface area (Å²) < 4.78 is 34.3. The van der Waals surface area contributed by atoms with Crippen LogP contribution in [0, 0.1) is 5.41 Å². The molecule has 1 aromatic heterocycles. The topological polar surface area (TPSA) is 96.4 Å². The SMILES string of the molecule is CCSNc1ccc(C(=O)Nc2nccc(C3CCC(F)(F)CC3)n2)c(N2CCC3(CC2)CC3)c1.COC=O. The lowest BCUT2D eigenvalue weighted by Crippen LogP contribution is -2.35. The first-order valence-corrected chi connectivity index (χ1v) is 14.5. The second-order valence-corrected chi connectivity index (χ2v) is 11.5. The van der Waals surface area contributed by atoms with Gasteiger partial charge in [0.05, 0.1) is 18.4 Å². The van der Waals surface area contributed by atoms with Crippen molar-refractivity contribution in [3.05, 3.63) is 41.7 Å². The average Bonchev–Trinajstić information content (AvgIpc) is 3.71.